The van der Waals surface area contributed by atoms with Gasteiger partial charge in [0.1, 0.15) is 23.8 Å². The first-order chi connectivity index (χ1) is 22.6. The molecule has 3 aromatic rings. The van der Waals surface area contributed by atoms with Gasteiger partial charge in [0.2, 0.25) is 17.7 Å². The van der Waals surface area contributed by atoms with E-state index in [1.807, 2.05) is 44.2 Å². The molecule has 4 N–H and O–H groups in total. The summed E-state index contributed by atoms with van der Waals surface area (Å²) in [7, 11) is 0. The zero-order valence-corrected chi connectivity index (χ0v) is 27.1. The first-order valence-corrected chi connectivity index (χ1v) is 16.0. The van der Waals surface area contributed by atoms with Crippen LogP contribution in [0.2, 0.25) is 0 Å². The lowest BCUT2D eigenvalue weighted by Crippen LogP contribution is -2.57. The Labute approximate surface area is 275 Å². The van der Waals surface area contributed by atoms with Crippen molar-refractivity contribution < 1.29 is 24.0 Å². The van der Waals surface area contributed by atoms with Crippen LogP contribution in [-0.4, -0.2) is 75.6 Å². The van der Waals surface area contributed by atoms with Crippen LogP contribution in [0.25, 0.3) is 0 Å². The number of hydrogen-bond donors (Lipinski definition) is 4. The van der Waals surface area contributed by atoms with Crippen LogP contribution >= 0.6 is 0 Å². The van der Waals surface area contributed by atoms with E-state index < -0.39 is 35.8 Å². The molecule has 0 saturated carbocycles. The van der Waals surface area contributed by atoms with Crippen LogP contribution in [0.15, 0.2) is 73.2 Å². The van der Waals surface area contributed by atoms with Crippen LogP contribution in [0, 0.1) is 5.92 Å². The fraction of sp³-hybridized carbons (Fsp3) is 0.400. The van der Waals surface area contributed by atoms with E-state index in [0.717, 1.165) is 11.1 Å². The van der Waals surface area contributed by atoms with Crippen LogP contribution < -0.4 is 21.3 Å². The number of amides is 5. The second kappa shape index (κ2) is 17.0. The number of hydrogen-bond acceptors (Lipinski definition) is 7. The van der Waals surface area contributed by atoms with Crippen molar-refractivity contribution in [3.63, 3.8) is 0 Å². The van der Waals surface area contributed by atoms with Gasteiger partial charge in [0.25, 0.3) is 11.8 Å². The lowest BCUT2D eigenvalue weighted by molar-refractivity contribution is -0.132. The molecular formula is C35H43N7O5. The molecule has 3 atom stereocenters. The van der Waals surface area contributed by atoms with E-state index in [1.54, 1.807) is 36.1 Å². The summed E-state index contributed by atoms with van der Waals surface area (Å²) in [4.78, 5) is 76.5. The summed E-state index contributed by atoms with van der Waals surface area (Å²) in [5, 5.41) is 11.3. The molecule has 3 heterocycles. The molecule has 0 fully saturated rings. The average Bonchev–Trinajstić information content (AvgIpc) is 3.07. The minimum atomic E-state index is -0.984. The highest BCUT2D eigenvalue weighted by Crippen LogP contribution is 2.14. The molecule has 12 heteroatoms. The Balaban J connectivity index is 1.62. The third-order valence-electron chi connectivity index (χ3n) is 7.81. The Hall–Kier alpha value is -5.13. The summed E-state index contributed by atoms with van der Waals surface area (Å²) in [6.45, 7) is 6.46. The van der Waals surface area contributed by atoms with Gasteiger partial charge in [-0.3, -0.25) is 29.0 Å². The molecular weight excluding hydrogens is 598 g/mol. The molecule has 5 rings (SSSR count). The quantitative estimate of drug-likeness (QED) is 0.311. The highest BCUT2D eigenvalue weighted by Gasteiger charge is 2.29. The van der Waals surface area contributed by atoms with E-state index in [2.05, 4.69) is 31.2 Å². The van der Waals surface area contributed by atoms with Gasteiger partial charge in [-0.2, -0.15) is 0 Å². The summed E-state index contributed by atoms with van der Waals surface area (Å²) in [6.07, 6.45) is 6.09. The van der Waals surface area contributed by atoms with Crippen molar-refractivity contribution >= 4 is 29.5 Å². The molecule has 1 aromatic heterocycles. The van der Waals surface area contributed by atoms with Gasteiger partial charge in [-0.05, 0) is 55.4 Å². The molecule has 12 nitrogen and oxygen atoms in total. The summed E-state index contributed by atoms with van der Waals surface area (Å²) in [5.74, 6) is -2.04. The highest BCUT2D eigenvalue weighted by atomic mass is 16.2. The van der Waals surface area contributed by atoms with E-state index in [1.165, 1.54) is 18.6 Å². The lowest BCUT2D eigenvalue weighted by Gasteiger charge is -2.25. The second-order valence-corrected chi connectivity index (χ2v) is 12.1. The number of nitrogens with one attached hydrogen (secondary N) is 4. The Bertz CT molecular complexity index is 1520. The van der Waals surface area contributed by atoms with Gasteiger partial charge < -0.3 is 26.2 Å². The standard InChI is InChI=1S/C35H43N7O5/c1-23(2)19-28-33(45)39-24(3)31(43)38-15-7-8-18-42(35(47)30-21-36-16-17-37-30)22-26-11-13-27(14-12-26)32(44)40-29(34(46)41-28)20-25-9-5-4-6-10-25/h4-6,9-14,16-17,21,23-24,28-29H,7-8,15,18-20,22H2,1-3H3,(H,38,43)(H,39,45)(H,40,44)(H,41,46)/t24-,28+,29-/m1/s1. The fourth-order valence-electron chi connectivity index (χ4n) is 5.25. The molecule has 0 radical (unpaired) electrons. The Kier molecular flexibility index (Phi) is 12.5. The highest BCUT2D eigenvalue weighted by molar-refractivity contribution is 5.99. The Morgan fingerprint density at radius 1 is 0.872 bits per heavy atom. The molecule has 0 saturated heterocycles. The maximum absolute atomic E-state index is 13.7. The number of benzene rings is 2. The zero-order valence-electron chi connectivity index (χ0n) is 27.1. The van der Waals surface area contributed by atoms with E-state index in [9.17, 15) is 24.0 Å². The van der Waals surface area contributed by atoms with Gasteiger partial charge in [0, 0.05) is 44.0 Å². The molecule has 0 unspecified atom stereocenters. The topological polar surface area (TPSA) is 162 Å². The summed E-state index contributed by atoms with van der Waals surface area (Å²) < 4.78 is 0. The monoisotopic (exact) mass is 641 g/mol. The van der Waals surface area contributed by atoms with Crippen molar-refractivity contribution in [2.45, 2.75) is 71.1 Å². The van der Waals surface area contributed by atoms with Crippen molar-refractivity contribution in [1.29, 1.82) is 0 Å². The van der Waals surface area contributed by atoms with Gasteiger partial charge in [-0.1, -0.05) is 56.3 Å². The van der Waals surface area contributed by atoms with E-state index >= 15 is 0 Å². The molecule has 0 spiro atoms. The normalized spacial score (nSPS) is 20.4. The molecule has 5 amide bonds. The van der Waals surface area contributed by atoms with Crippen molar-refractivity contribution in [1.82, 2.24) is 36.1 Å². The maximum atomic E-state index is 13.7. The molecule has 2 bridgehead atoms. The molecule has 2 aliphatic heterocycles. The van der Waals surface area contributed by atoms with Crippen LogP contribution in [-0.2, 0) is 27.3 Å². The number of nitrogens with zero attached hydrogens (tertiary/aromatic N) is 3. The fourth-order valence-corrected chi connectivity index (χ4v) is 5.25. The summed E-state index contributed by atoms with van der Waals surface area (Å²) >= 11 is 0. The predicted molar refractivity (Wildman–Crippen MR) is 176 cm³/mol. The van der Waals surface area contributed by atoms with E-state index in [4.69, 9.17) is 0 Å². The molecule has 0 aliphatic carbocycles. The Morgan fingerprint density at radius 2 is 1.60 bits per heavy atom. The SMILES string of the molecule is CC(C)C[C@@H]1NC(=O)[C@@H](Cc2ccccc2)NC(=O)c2ccc(cc2)CN(C(=O)c2cnccn2)CCCCNC(=O)[C@@H](C)NC1=O. The average molecular weight is 642 g/mol. The zero-order chi connectivity index (χ0) is 33.8. The van der Waals surface area contributed by atoms with Gasteiger partial charge in [-0.15, -0.1) is 0 Å². The molecule has 2 aromatic carbocycles. The van der Waals surface area contributed by atoms with Crippen LogP contribution in [0.4, 0.5) is 0 Å². The Morgan fingerprint density at radius 3 is 2.28 bits per heavy atom. The van der Waals surface area contributed by atoms with Crippen LogP contribution in [0.5, 0.6) is 0 Å². The third-order valence-corrected chi connectivity index (χ3v) is 7.81. The van der Waals surface area contributed by atoms with Gasteiger partial charge >= 0.3 is 0 Å². The number of carbonyl (C=O) groups excluding carboxylic acids is 5. The number of aromatic nitrogens is 2. The number of fused-ring (bicyclic) bond motifs is 18. The predicted octanol–water partition coefficient (Wildman–Crippen LogP) is 2.41. The largest absolute Gasteiger partial charge is 0.354 e. The third kappa shape index (κ3) is 10.5. The first kappa shape index (κ1) is 34.7. The van der Waals surface area contributed by atoms with Gasteiger partial charge in [0.05, 0.1) is 6.20 Å². The summed E-state index contributed by atoms with van der Waals surface area (Å²) in [5.41, 5.74) is 2.18. The second-order valence-electron chi connectivity index (χ2n) is 12.1. The van der Waals surface area contributed by atoms with Gasteiger partial charge in [-0.25, -0.2) is 4.98 Å². The smallest absolute Gasteiger partial charge is 0.274 e. The number of rotatable bonds is 5. The van der Waals surface area contributed by atoms with Gasteiger partial charge in [0.15, 0.2) is 0 Å². The van der Waals surface area contributed by atoms with Crippen molar-refractivity contribution in [2.75, 3.05) is 13.1 Å². The maximum Gasteiger partial charge on any atom is 0.274 e. The van der Waals surface area contributed by atoms with Crippen molar-refractivity contribution in [2.24, 2.45) is 5.92 Å². The molecule has 248 valence electrons. The van der Waals surface area contributed by atoms with Crippen LogP contribution in [0.1, 0.15) is 72.0 Å². The lowest BCUT2D eigenvalue weighted by atomic mass is 10.0. The minimum Gasteiger partial charge on any atom is -0.354 e. The molecule has 47 heavy (non-hydrogen) atoms. The van der Waals surface area contributed by atoms with E-state index in [-0.39, 0.29) is 36.4 Å². The molecule has 2 aliphatic rings. The summed E-state index contributed by atoms with van der Waals surface area (Å²) in [6, 6.07) is 13.4. The van der Waals surface area contributed by atoms with E-state index in [0.29, 0.717) is 37.9 Å². The number of carbonyl (C=O) groups is 5. The van der Waals surface area contributed by atoms with Crippen LogP contribution in [0.3, 0.4) is 0 Å². The first-order valence-electron chi connectivity index (χ1n) is 16.0. The van der Waals surface area contributed by atoms with Crippen molar-refractivity contribution in [3.8, 4) is 0 Å². The van der Waals surface area contributed by atoms with Crippen molar-refractivity contribution in [3.05, 3.63) is 95.6 Å². The minimum absolute atomic E-state index is 0.0609.